The van der Waals surface area contributed by atoms with Crippen LogP contribution >= 0.6 is 0 Å². The van der Waals surface area contributed by atoms with Crippen molar-refractivity contribution in [1.29, 1.82) is 0 Å². The second-order valence-corrected chi connectivity index (χ2v) is 4.67. The van der Waals surface area contributed by atoms with E-state index in [1.807, 2.05) is 13.8 Å². The van der Waals surface area contributed by atoms with Crippen molar-refractivity contribution >= 4 is 5.91 Å². The largest absolute Gasteiger partial charge is 0.391 e. The van der Waals surface area contributed by atoms with Crippen LogP contribution in [0.1, 0.15) is 27.2 Å². The fourth-order valence-corrected chi connectivity index (χ4v) is 1.27. The van der Waals surface area contributed by atoms with Gasteiger partial charge in [0.15, 0.2) is 0 Å². The van der Waals surface area contributed by atoms with Gasteiger partial charge in [-0.1, -0.05) is 0 Å². The van der Waals surface area contributed by atoms with Crippen molar-refractivity contribution in [2.75, 3.05) is 13.1 Å². The van der Waals surface area contributed by atoms with Gasteiger partial charge in [-0.05, 0) is 39.8 Å². The highest BCUT2D eigenvalue weighted by atomic mass is 16.3. The average Bonchev–Trinajstić information content (AvgIpc) is 1.96. The predicted octanol–water partition coefficient (Wildman–Crippen LogP) is -0.128. The minimum Gasteiger partial charge on any atom is -0.391 e. The molecule has 0 aromatic heterocycles. The summed E-state index contributed by atoms with van der Waals surface area (Å²) >= 11 is 0. The molecular weight excluding hydrogens is 180 g/mol. The van der Waals surface area contributed by atoms with Gasteiger partial charge < -0.3 is 15.7 Å². The van der Waals surface area contributed by atoms with Gasteiger partial charge in [0, 0.05) is 6.42 Å². The fourth-order valence-electron chi connectivity index (χ4n) is 1.27. The number of nitrogens with one attached hydrogen (secondary N) is 2. The van der Waals surface area contributed by atoms with Crippen LogP contribution in [-0.4, -0.2) is 35.7 Å². The van der Waals surface area contributed by atoms with Crippen LogP contribution in [0.4, 0.5) is 0 Å². The van der Waals surface area contributed by atoms with Crippen molar-refractivity contribution in [3.05, 3.63) is 0 Å². The summed E-state index contributed by atoms with van der Waals surface area (Å²) < 4.78 is 0. The molecule has 1 unspecified atom stereocenters. The molecule has 0 aromatic carbocycles. The first-order chi connectivity index (χ1) is 6.42. The van der Waals surface area contributed by atoms with Crippen molar-refractivity contribution in [2.45, 2.75) is 38.8 Å². The third-order valence-corrected chi connectivity index (χ3v) is 2.85. The van der Waals surface area contributed by atoms with Gasteiger partial charge in [0.2, 0.25) is 5.91 Å². The van der Waals surface area contributed by atoms with Crippen molar-refractivity contribution in [2.24, 2.45) is 5.92 Å². The molecule has 0 radical (unpaired) electrons. The second kappa shape index (κ2) is 4.28. The SMILES string of the molecule is CC(O)C(C)(C)NC(=O)CC1CNC1. The smallest absolute Gasteiger partial charge is 0.220 e. The quantitative estimate of drug-likeness (QED) is 0.592. The number of hydrogen-bond acceptors (Lipinski definition) is 3. The van der Waals surface area contributed by atoms with Crippen LogP contribution in [-0.2, 0) is 4.79 Å². The first kappa shape index (κ1) is 11.5. The Kier molecular flexibility index (Phi) is 3.50. The summed E-state index contributed by atoms with van der Waals surface area (Å²) in [6, 6.07) is 0. The first-order valence-corrected chi connectivity index (χ1v) is 5.11. The van der Waals surface area contributed by atoms with E-state index in [0.717, 1.165) is 13.1 Å². The van der Waals surface area contributed by atoms with Crippen molar-refractivity contribution in [1.82, 2.24) is 10.6 Å². The van der Waals surface area contributed by atoms with Crippen LogP contribution in [0.25, 0.3) is 0 Å². The molecule has 1 amide bonds. The molecule has 0 aliphatic carbocycles. The van der Waals surface area contributed by atoms with E-state index in [4.69, 9.17) is 0 Å². The molecule has 1 aliphatic rings. The van der Waals surface area contributed by atoms with Gasteiger partial charge in [-0.3, -0.25) is 4.79 Å². The van der Waals surface area contributed by atoms with Gasteiger partial charge in [0.05, 0.1) is 11.6 Å². The molecule has 0 spiro atoms. The number of carbonyl (C=O) groups is 1. The number of aliphatic hydroxyl groups is 1. The van der Waals surface area contributed by atoms with E-state index < -0.39 is 11.6 Å². The number of carbonyl (C=O) groups excluding carboxylic acids is 1. The molecule has 1 heterocycles. The van der Waals surface area contributed by atoms with Gasteiger partial charge in [0.25, 0.3) is 0 Å². The molecule has 0 aromatic rings. The Labute approximate surface area is 85.1 Å². The van der Waals surface area contributed by atoms with Crippen LogP contribution in [0.3, 0.4) is 0 Å². The highest BCUT2D eigenvalue weighted by molar-refractivity contribution is 5.77. The molecule has 1 saturated heterocycles. The van der Waals surface area contributed by atoms with Crippen LogP contribution in [0.2, 0.25) is 0 Å². The summed E-state index contributed by atoms with van der Waals surface area (Å²) in [5.74, 6) is 0.502. The van der Waals surface area contributed by atoms with Crippen LogP contribution in [0.5, 0.6) is 0 Å². The zero-order valence-electron chi connectivity index (χ0n) is 9.13. The molecule has 4 heteroatoms. The van der Waals surface area contributed by atoms with E-state index in [9.17, 15) is 9.90 Å². The van der Waals surface area contributed by atoms with E-state index in [2.05, 4.69) is 10.6 Å². The molecule has 1 atom stereocenters. The lowest BCUT2D eigenvalue weighted by Gasteiger charge is -2.32. The van der Waals surface area contributed by atoms with E-state index in [0.29, 0.717) is 12.3 Å². The Morgan fingerprint density at radius 3 is 2.57 bits per heavy atom. The lowest BCUT2D eigenvalue weighted by molar-refractivity contribution is -0.125. The predicted molar refractivity (Wildman–Crippen MR) is 54.9 cm³/mol. The Bertz CT molecular complexity index is 210. The minimum absolute atomic E-state index is 0.0300. The number of amides is 1. The Hall–Kier alpha value is -0.610. The summed E-state index contributed by atoms with van der Waals surface area (Å²) in [5, 5.41) is 15.4. The molecule has 4 nitrogen and oxygen atoms in total. The van der Waals surface area contributed by atoms with Crippen molar-refractivity contribution < 1.29 is 9.90 Å². The lowest BCUT2D eigenvalue weighted by atomic mass is 9.95. The van der Waals surface area contributed by atoms with Crippen LogP contribution < -0.4 is 10.6 Å². The highest BCUT2D eigenvalue weighted by Crippen LogP contribution is 2.12. The molecule has 0 bridgehead atoms. The molecule has 14 heavy (non-hydrogen) atoms. The van der Waals surface area contributed by atoms with Gasteiger partial charge in [0.1, 0.15) is 0 Å². The van der Waals surface area contributed by atoms with E-state index in [-0.39, 0.29) is 5.91 Å². The molecular formula is C10H20N2O2. The molecule has 1 fully saturated rings. The third kappa shape index (κ3) is 2.96. The van der Waals surface area contributed by atoms with Gasteiger partial charge in [-0.25, -0.2) is 0 Å². The summed E-state index contributed by atoms with van der Waals surface area (Å²) in [7, 11) is 0. The standard InChI is InChI=1S/C10H20N2O2/c1-7(13)10(2,3)12-9(14)4-8-5-11-6-8/h7-8,11,13H,4-6H2,1-3H3,(H,12,14). The maximum absolute atomic E-state index is 11.5. The van der Waals surface area contributed by atoms with E-state index >= 15 is 0 Å². The molecule has 1 aliphatic heterocycles. The van der Waals surface area contributed by atoms with Gasteiger partial charge in [-0.2, -0.15) is 0 Å². The summed E-state index contributed by atoms with van der Waals surface area (Å²) in [4.78, 5) is 11.5. The zero-order chi connectivity index (χ0) is 10.8. The summed E-state index contributed by atoms with van der Waals surface area (Å²) in [5.41, 5.74) is -0.533. The molecule has 3 N–H and O–H groups in total. The van der Waals surface area contributed by atoms with Crippen LogP contribution in [0.15, 0.2) is 0 Å². The highest BCUT2D eigenvalue weighted by Gasteiger charge is 2.28. The van der Waals surface area contributed by atoms with Gasteiger partial charge >= 0.3 is 0 Å². The maximum Gasteiger partial charge on any atom is 0.220 e. The number of hydrogen-bond donors (Lipinski definition) is 3. The zero-order valence-corrected chi connectivity index (χ0v) is 9.13. The number of rotatable bonds is 4. The average molecular weight is 200 g/mol. The Morgan fingerprint density at radius 1 is 1.64 bits per heavy atom. The van der Waals surface area contributed by atoms with E-state index in [1.54, 1.807) is 6.92 Å². The second-order valence-electron chi connectivity index (χ2n) is 4.67. The third-order valence-electron chi connectivity index (χ3n) is 2.85. The van der Waals surface area contributed by atoms with Gasteiger partial charge in [-0.15, -0.1) is 0 Å². The molecule has 0 saturated carbocycles. The monoisotopic (exact) mass is 200 g/mol. The summed E-state index contributed by atoms with van der Waals surface area (Å²) in [6.45, 7) is 7.21. The van der Waals surface area contributed by atoms with Crippen molar-refractivity contribution in [3.63, 3.8) is 0 Å². The topological polar surface area (TPSA) is 61.4 Å². The minimum atomic E-state index is -0.536. The fraction of sp³-hybridized carbons (Fsp3) is 0.900. The number of aliphatic hydroxyl groups excluding tert-OH is 1. The Balaban J connectivity index is 2.31. The molecule has 1 rings (SSSR count). The Morgan fingerprint density at radius 2 is 2.21 bits per heavy atom. The normalized spacial score (nSPS) is 20.0. The van der Waals surface area contributed by atoms with Crippen molar-refractivity contribution in [3.8, 4) is 0 Å². The van der Waals surface area contributed by atoms with Crippen LogP contribution in [0, 0.1) is 5.92 Å². The van der Waals surface area contributed by atoms with E-state index in [1.165, 1.54) is 0 Å². The lowest BCUT2D eigenvalue weighted by Crippen LogP contribution is -2.53. The maximum atomic E-state index is 11.5. The molecule has 82 valence electrons. The summed E-state index contributed by atoms with van der Waals surface area (Å²) in [6.07, 6.45) is 0.0225. The first-order valence-electron chi connectivity index (χ1n) is 5.11.